The minimum absolute atomic E-state index is 0.176. The lowest BCUT2D eigenvalue weighted by atomic mass is 10.2. The molecular weight excluding hydrogens is 354 g/mol. The normalized spacial score (nSPS) is 10.7. The summed E-state index contributed by atoms with van der Waals surface area (Å²) in [6, 6.07) is 6.76. The van der Waals surface area contributed by atoms with Crippen LogP contribution in [0.5, 0.6) is 0 Å². The van der Waals surface area contributed by atoms with Gasteiger partial charge in [-0.25, -0.2) is 4.79 Å². The second-order valence-corrected chi connectivity index (χ2v) is 6.42. The van der Waals surface area contributed by atoms with Gasteiger partial charge in [-0.05, 0) is 50.7 Å². The number of hydrogen-bond acceptors (Lipinski definition) is 4. The Labute approximate surface area is 161 Å². The standard InChI is InChI=1S/C19H30ClN3O3/c1-4-22(5-2)12-6-7-13-23(14-11-18(24)26-3)19(25)21-17-10-8-9-16(20)15-17/h8-10,15H,4-7,11-14H2,1-3H3,(H,21,25). The van der Waals surface area contributed by atoms with Gasteiger partial charge in [0, 0.05) is 23.8 Å². The predicted molar refractivity (Wildman–Crippen MR) is 106 cm³/mol. The summed E-state index contributed by atoms with van der Waals surface area (Å²) in [5.74, 6) is -0.325. The Bertz CT molecular complexity index is 565. The molecule has 0 aromatic heterocycles. The third-order valence-corrected chi connectivity index (χ3v) is 4.46. The zero-order valence-corrected chi connectivity index (χ0v) is 16.7. The molecule has 6 nitrogen and oxygen atoms in total. The van der Waals surface area contributed by atoms with E-state index in [1.54, 1.807) is 29.2 Å². The molecule has 1 aromatic rings. The number of methoxy groups -OCH3 is 1. The fourth-order valence-corrected chi connectivity index (χ4v) is 2.78. The molecule has 0 saturated carbocycles. The number of benzene rings is 1. The maximum atomic E-state index is 12.6. The number of urea groups is 1. The molecule has 0 aliphatic rings. The van der Waals surface area contributed by atoms with E-state index in [1.807, 2.05) is 0 Å². The lowest BCUT2D eigenvalue weighted by Crippen LogP contribution is -2.37. The highest BCUT2D eigenvalue weighted by Gasteiger charge is 2.15. The number of carbonyl (C=O) groups is 2. The van der Waals surface area contributed by atoms with Crippen LogP contribution >= 0.6 is 11.6 Å². The summed E-state index contributed by atoms with van der Waals surface area (Å²) in [7, 11) is 1.35. The molecule has 0 spiro atoms. The van der Waals surface area contributed by atoms with Crippen LogP contribution in [0.1, 0.15) is 33.1 Å². The van der Waals surface area contributed by atoms with Gasteiger partial charge in [-0.3, -0.25) is 4.79 Å². The van der Waals surface area contributed by atoms with Crippen molar-refractivity contribution in [3.63, 3.8) is 0 Å². The number of esters is 1. The lowest BCUT2D eigenvalue weighted by molar-refractivity contribution is -0.140. The van der Waals surface area contributed by atoms with Crippen LogP contribution in [-0.2, 0) is 9.53 Å². The van der Waals surface area contributed by atoms with Crippen LogP contribution in [-0.4, -0.2) is 61.6 Å². The number of carbonyl (C=O) groups excluding carboxylic acids is 2. The van der Waals surface area contributed by atoms with E-state index >= 15 is 0 Å². The van der Waals surface area contributed by atoms with Crippen LogP contribution in [0.3, 0.4) is 0 Å². The summed E-state index contributed by atoms with van der Waals surface area (Å²) in [6.45, 7) is 8.26. The maximum absolute atomic E-state index is 12.6. The highest BCUT2D eigenvalue weighted by molar-refractivity contribution is 6.30. The van der Waals surface area contributed by atoms with E-state index in [0.717, 1.165) is 32.5 Å². The van der Waals surface area contributed by atoms with E-state index in [1.165, 1.54) is 7.11 Å². The molecule has 0 radical (unpaired) electrons. The van der Waals surface area contributed by atoms with Crippen molar-refractivity contribution in [3.8, 4) is 0 Å². The Kier molecular flexibility index (Phi) is 10.7. The Morgan fingerprint density at radius 3 is 2.42 bits per heavy atom. The molecule has 0 aliphatic heterocycles. The molecule has 0 bridgehead atoms. The zero-order chi connectivity index (χ0) is 19.4. The number of nitrogens with zero attached hydrogens (tertiary/aromatic N) is 2. The minimum Gasteiger partial charge on any atom is -0.469 e. The van der Waals surface area contributed by atoms with Crippen molar-refractivity contribution in [2.24, 2.45) is 0 Å². The third-order valence-electron chi connectivity index (χ3n) is 4.22. The first-order valence-corrected chi connectivity index (χ1v) is 9.48. The minimum atomic E-state index is -0.325. The van der Waals surface area contributed by atoms with E-state index < -0.39 is 0 Å². The van der Waals surface area contributed by atoms with Crippen molar-refractivity contribution in [1.29, 1.82) is 0 Å². The average molecular weight is 384 g/mol. The molecule has 146 valence electrons. The molecule has 1 aromatic carbocycles. The molecule has 7 heteroatoms. The van der Waals surface area contributed by atoms with Crippen LogP contribution in [0.15, 0.2) is 24.3 Å². The molecule has 0 unspecified atom stereocenters. The van der Waals surface area contributed by atoms with Crippen molar-refractivity contribution in [2.45, 2.75) is 33.1 Å². The van der Waals surface area contributed by atoms with Gasteiger partial charge in [0.2, 0.25) is 0 Å². The Balaban J connectivity index is 2.58. The Hall–Kier alpha value is -1.79. The molecule has 0 fully saturated rings. The van der Waals surface area contributed by atoms with Gasteiger partial charge in [0.15, 0.2) is 0 Å². The van der Waals surface area contributed by atoms with Crippen LogP contribution in [0, 0.1) is 0 Å². The highest BCUT2D eigenvalue weighted by atomic mass is 35.5. The summed E-state index contributed by atoms with van der Waals surface area (Å²) in [6.07, 6.45) is 2.05. The number of halogens is 1. The van der Waals surface area contributed by atoms with Gasteiger partial charge < -0.3 is 19.9 Å². The summed E-state index contributed by atoms with van der Waals surface area (Å²) in [4.78, 5) is 28.0. The lowest BCUT2D eigenvalue weighted by Gasteiger charge is -2.24. The van der Waals surface area contributed by atoms with Gasteiger partial charge in [0.1, 0.15) is 0 Å². The topological polar surface area (TPSA) is 61.9 Å². The number of hydrogen-bond donors (Lipinski definition) is 1. The summed E-state index contributed by atoms with van der Waals surface area (Å²) < 4.78 is 4.68. The van der Waals surface area contributed by atoms with Gasteiger partial charge in [-0.2, -0.15) is 0 Å². The van der Waals surface area contributed by atoms with E-state index in [9.17, 15) is 9.59 Å². The van der Waals surface area contributed by atoms with Gasteiger partial charge in [-0.1, -0.05) is 31.5 Å². The summed E-state index contributed by atoms with van der Waals surface area (Å²) in [5.41, 5.74) is 0.633. The fourth-order valence-electron chi connectivity index (χ4n) is 2.59. The maximum Gasteiger partial charge on any atom is 0.321 e. The monoisotopic (exact) mass is 383 g/mol. The highest BCUT2D eigenvalue weighted by Crippen LogP contribution is 2.15. The van der Waals surface area contributed by atoms with E-state index in [4.69, 9.17) is 11.6 Å². The van der Waals surface area contributed by atoms with Crippen LogP contribution in [0.2, 0.25) is 5.02 Å². The number of amides is 2. The Morgan fingerprint density at radius 1 is 1.12 bits per heavy atom. The number of anilines is 1. The number of nitrogens with one attached hydrogen (secondary N) is 1. The summed E-state index contributed by atoms with van der Waals surface area (Å²) in [5, 5.41) is 3.40. The number of rotatable bonds is 11. The van der Waals surface area contributed by atoms with Gasteiger partial charge >= 0.3 is 12.0 Å². The smallest absolute Gasteiger partial charge is 0.321 e. The largest absolute Gasteiger partial charge is 0.469 e. The van der Waals surface area contributed by atoms with Crippen molar-refractivity contribution in [1.82, 2.24) is 9.80 Å². The molecule has 1 N–H and O–H groups in total. The zero-order valence-electron chi connectivity index (χ0n) is 16.0. The second-order valence-electron chi connectivity index (χ2n) is 5.99. The van der Waals surface area contributed by atoms with Crippen molar-refractivity contribution < 1.29 is 14.3 Å². The molecule has 0 aliphatic carbocycles. The Morgan fingerprint density at radius 2 is 1.81 bits per heavy atom. The molecule has 0 saturated heterocycles. The first-order chi connectivity index (χ1) is 12.5. The molecule has 0 atom stereocenters. The van der Waals surface area contributed by atoms with Gasteiger partial charge in [-0.15, -0.1) is 0 Å². The van der Waals surface area contributed by atoms with Crippen molar-refractivity contribution in [3.05, 3.63) is 29.3 Å². The summed E-state index contributed by atoms with van der Waals surface area (Å²) >= 11 is 5.96. The van der Waals surface area contributed by atoms with Crippen molar-refractivity contribution >= 4 is 29.3 Å². The third kappa shape index (κ3) is 8.54. The van der Waals surface area contributed by atoms with Crippen molar-refractivity contribution in [2.75, 3.05) is 45.2 Å². The van der Waals surface area contributed by atoms with Crippen LogP contribution in [0.25, 0.3) is 0 Å². The number of unbranched alkanes of at least 4 members (excludes halogenated alkanes) is 1. The van der Waals surface area contributed by atoms with Gasteiger partial charge in [0.05, 0.1) is 13.5 Å². The molecular formula is C19H30ClN3O3. The molecule has 2 amide bonds. The predicted octanol–water partition coefficient (Wildman–Crippen LogP) is 3.86. The van der Waals surface area contributed by atoms with Crippen LogP contribution in [0.4, 0.5) is 10.5 Å². The average Bonchev–Trinajstić information content (AvgIpc) is 2.63. The van der Waals surface area contributed by atoms with Gasteiger partial charge in [0.25, 0.3) is 0 Å². The van der Waals surface area contributed by atoms with E-state index in [0.29, 0.717) is 23.8 Å². The quantitative estimate of drug-likeness (QED) is 0.465. The number of ether oxygens (including phenoxy) is 1. The first kappa shape index (κ1) is 22.3. The second kappa shape index (κ2) is 12.5. The molecule has 0 heterocycles. The fraction of sp³-hybridized carbons (Fsp3) is 0.579. The first-order valence-electron chi connectivity index (χ1n) is 9.10. The van der Waals surface area contributed by atoms with E-state index in [2.05, 4.69) is 28.8 Å². The van der Waals surface area contributed by atoms with Crippen LogP contribution < -0.4 is 5.32 Å². The molecule has 26 heavy (non-hydrogen) atoms. The SMILES string of the molecule is CCN(CC)CCCCN(CCC(=O)OC)C(=O)Nc1cccc(Cl)c1. The molecule has 1 rings (SSSR count). The van der Waals surface area contributed by atoms with E-state index in [-0.39, 0.29) is 18.4 Å².